The highest BCUT2D eigenvalue weighted by atomic mass is 16.2. The first-order valence-electron chi connectivity index (χ1n) is 12.5. The predicted molar refractivity (Wildman–Crippen MR) is 148 cm³/mol. The number of pyridine rings is 1. The monoisotopic (exact) mass is 545 g/mol. The molecule has 1 aliphatic rings. The minimum absolute atomic E-state index is 0.00956. The molecule has 0 radical (unpaired) electrons. The lowest BCUT2D eigenvalue weighted by atomic mass is 10.2. The Labute approximate surface area is 227 Å². The van der Waals surface area contributed by atoms with Crippen molar-refractivity contribution in [2.24, 2.45) is 49.4 Å². The minimum Gasteiger partial charge on any atom is -0.370 e. The van der Waals surface area contributed by atoms with Gasteiger partial charge in [0.05, 0.1) is 31.0 Å². The van der Waals surface area contributed by atoms with Gasteiger partial charge in [0, 0.05) is 19.6 Å². The van der Waals surface area contributed by atoms with Gasteiger partial charge in [0.25, 0.3) is 17.7 Å². The summed E-state index contributed by atoms with van der Waals surface area (Å²) in [4.78, 5) is 58.2. The van der Waals surface area contributed by atoms with Gasteiger partial charge in [-0.1, -0.05) is 6.07 Å². The van der Waals surface area contributed by atoms with E-state index in [0.29, 0.717) is 45.7 Å². The Morgan fingerprint density at radius 2 is 0.974 bits per heavy atom. The number of nitrogens with zero attached hydrogens (tertiary/aromatic N) is 7. The number of aromatic nitrogens is 1. The average molecular weight is 546 g/mol. The van der Waals surface area contributed by atoms with Crippen molar-refractivity contribution in [1.29, 1.82) is 0 Å². The fourth-order valence-electron chi connectivity index (χ4n) is 4.16. The fraction of sp³-hybridized carbons (Fsp3) is 0.522. The lowest BCUT2D eigenvalue weighted by Gasteiger charge is -2.24. The van der Waals surface area contributed by atoms with E-state index in [4.69, 9.17) is 39.4 Å². The number of guanidine groups is 3. The van der Waals surface area contributed by atoms with E-state index in [9.17, 15) is 14.4 Å². The van der Waals surface area contributed by atoms with Crippen LogP contribution in [0.15, 0.2) is 33.2 Å². The number of rotatable bonds is 6. The molecule has 0 aromatic carbocycles. The first-order valence-corrected chi connectivity index (χ1v) is 12.5. The highest BCUT2D eigenvalue weighted by Gasteiger charge is 2.17. The van der Waals surface area contributed by atoms with Crippen molar-refractivity contribution < 1.29 is 14.4 Å². The number of amides is 3. The summed E-state index contributed by atoms with van der Waals surface area (Å²) in [5.74, 6) is -2.28. The number of carbonyl (C=O) groups excluding carboxylic acids is 3. The van der Waals surface area contributed by atoms with Crippen LogP contribution in [0.1, 0.15) is 30.7 Å². The molecule has 2 bridgehead atoms. The first-order chi connectivity index (χ1) is 18.5. The summed E-state index contributed by atoms with van der Waals surface area (Å²) in [6, 6.07) is 5.60. The van der Waals surface area contributed by atoms with Gasteiger partial charge in [0.15, 0.2) is 17.9 Å². The Hall–Kier alpha value is -4.15. The van der Waals surface area contributed by atoms with E-state index in [1.165, 1.54) is 0 Å². The molecule has 3 amide bonds. The van der Waals surface area contributed by atoms with Crippen LogP contribution < -0.4 is 34.4 Å². The van der Waals surface area contributed by atoms with Crippen LogP contribution in [0.3, 0.4) is 0 Å². The van der Waals surface area contributed by atoms with Crippen LogP contribution in [0.25, 0.3) is 0 Å². The Bertz CT molecular complexity index is 1080. The molecule has 16 heteroatoms. The van der Waals surface area contributed by atoms with E-state index in [0.717, 1.165) is 24.2 Å². The molecule has 0 atom stereocenters. The van der Waals surface area contributed by atoms with Crippen molar-refractivity contribution in [3.8, 4) is 0 Å². The van der Waals surface area contributed by atoms with Crippen molar-refractivity contribution in [2.45, 2.75) is 32.4 Å². The normalized spacial score (nSPS) is 16.2. The summed E-state index contributed by atoms with van der Waals surface area (Å²) in [5, 5.41) is 0. The zero-order valence-corrected chi connectivity index (χ0v) is 22.0. The minimum atomic E-state index is -0.478. The topological polar surface area (TPSA) is 267 Å². The summed E-state index contributed by atoms with van der Waals surface area (Å²) in [5.41, 5.74) is 33.6. The molecular weight excluding hydrogens is 506 g/mol. The molecule has 1 aromatic rings. The van der Waals surface area contributed by atoms with Crippen LogP contribution in [0, 0.1) is 0 Å². The zero-order valence-electron chi connectivity index (χ0n) is 22.0. The van der Waals surface area contributed by atoms with Gasteiger partial charge < -0.3 is 34.4 Å². The summed E-state index contributed by atoms with van der Waals surface area (Å²) in [6.07, 6.45) is 2.12. The van der Waals surface area contributed by atoms with Gasteiger partial charge in [0.2, 0.25) is 0 Å². The second-order valence-corrected chi connectivity index (χ2v) is 9.17. The van der Waals surface area contributed by atoms with Gasteiger partial charge in [-0.3, -0.25) is 34.1 Å². The summed E-state index contributed by atoms with van der Waals surface area (Å²) >= 11 is 0. The Morgan fingerprint density at radius 3 is 1.41 bits per heavy atom. The van der Waals surface area contributed by atoms with Crippen molar-refractivity contribution in [2.75, 3.05) is 45.8 Å². The number of nitrogens with two attached hydrogens (primary N) is 6. The number of fused-ring (bicyclic) bond motifs is 2. The maximum Gasteiger partial charge on any atom is 0.263 e. The Morgan fingerprint density at radius 1 is 0.615 bits per heavy atom. The predicted octanol–water partition coefficient (Wildman–Crippen LogP) is -3.43. The van der Waals surface area contributed by atoms with E-state index in [-0.39, 0.29) is 37.5 Å². The molecule has 1 aliphatic heterocycles. The summed E-state index contributed by atoms with van der Waals surface area (Å²) in [6.45, 7) is 3.03. The Kier molecular flexibility index (Phi) is 12.7. The maximum absolute atomic E-state index is 12.3. The van der Waals surface area contributed by atoms with E-state index in [1.54, 1.807) is 0 Å². The van der Waals surface area contributed by atoms with Crippen LogP contribution in [0.4, 0.5) is 0 Å². The molecule has 214 valence electrons. The van der Waals surface area contributed by atoms with Crippen molar-refractivity contribution in [3.63, 3.8) is 0 Å². The third kappa shape index (κ3) is 13.3. The second-order valence-electron chi connectivity index (χ2n) is 9.17. The van der Waals surface area contributed by atoms with E-state index >= 15 is 0 Å². The third-order valence-electron chi connectivity index (χ3n) is 5.62. The lowest BCUT2D eigenvalue weighted by molar-refractivity contribution is -0.120. The largest absolute Gasteiger partial charge is 0.370 e. The van der Waals surface area contributed by atoms with Gasteiger partial charge in [-0.25, -0.2) is 0 Å². The Balaban J connectivity index is 2.28. The molecule has 39 heavy (non-hydrogen) atoms. The highest BCUT2D eigenvalue weighted by Crippen LogP contribution is 2.11. The molecule has 12 N–H and O–H groups in total. The molecule has 1 aromatic heterocycles. The van der Waals surface area contributed by atoms with Crippen LogP contribution in [-0.4, -0.2) is 101 Å². The number of hydrogen-bond donors (Lipinski definition) is 6. The summed E-state index contributed by atoms with van der Waals surface area (Å²) < 4.78 is 0. The van der Waals surface area contributed by atoms with Crippen molar-refractivity contribution in [3.05, 3.63) is 29.6 Å². The lowest BCUT2D eigenvalue weighted by Crippen LogP contribution is -2.36. The molecule has 0 fully saturated rings. The van der Waals surface area contributed by atoms with Crippen molar-refractivity contribution in [1.82, 2.24) is 19.7 Å². The fourth-order valence-corrected chi connectivity index (χ4v) is 4.16. The van der Waals surface area contributed by atoms with Gasteiger partial charge in [0.1, 0.15) is 0 Å². The van der Waals surface area contributed by atoms with Crippen LogP contribution in [0.5, 0.6) is 0 Å². The smallest absolute Gasteiger partial charge is 0.263 e. The quantitative estimate of drug-likeness (QED) is 0.150. The molecule has 0 saturated heterocycles. The molecule has 2 rings (SSSR count). The van der Waals surface area contributed by atoms with Crippen molar-refractivity contribution >= 4 is 35.6 Å². The average Bonchev–Trinajstić information content (AvgIpc) is 2.79. The van der Waals surface area contributed by atoms with E-state index in [1.807, 2.05) is 32.9 Å². The van der Waals surface area contributed by atoms with Gasteiger partial charge in [-0.2, -0.15) is 15.0 Å². The van der Waals surface area contributed by atoms with Crippen LogP contribution >= 0.6 is 0 Å². The summed E-state index contributed by atoms with van der Waals surface area (Å²) in [7, 11) is 0. The van der Waals surface area contributed by atoms with Crippen LogP contribution in [-0.2, 0) is 27.5 Å². The number of aliphatic imine (C=N–C) groups is 3. The highest BCUT2D eigenvalue weighted by molar-refractivity contribution is 5.93. The standard InChI is InChI=1S/C23H39N13O3/c24-21(25)31-18(37)13-34-7-1-2-8-35(14-19(38)32-22(26)27)11-16-5-3-6-17(30-16)12-36(10-4-9-34)15-20(39)33-23(28)29/h3,5-6H,1-2,4,7-15H2,(H4,24,25,31,37)(H4,26,27,32,38)(H4,28,29,33,39). The van der Waals surface area contributed by atoms with E-state index < -0.39 is 17.7 Å². The first kappa shape index (κ1) is 31.1. The molecule has 0 aliphatic carbocycles. The molecule has 2 heterocycles. The van der Waals surface area contributed by atoms with E-state index in [2.05, 4.69) is 15.0 Å². The molecule has 0 unspecified atom stereocenters. The van der Waals surface area contributed by atoms with Gasteiger partial charge in [-0.15, -0.1) is 0 Å². The number of carbonyl (C=O) groups is 3. The number of hydrogen-bond acceptors (Lipinski definition) is 7. The molecular formula is C23H39N13O3. The molecule has 16 nitrogen and oxygen atoms in total. The van der Waals surface area contributed by atoms with Gasteiger partial charge in [-0.05, 0) is 51.0 Å². The molecule has 0 saturated carbocycles. The second kappa shape index (κ2) is 16.0. The van der Waals surface area contributed by atoms with Gasteiger partial charge >= 0.3 is 0 Å². The third-order valence-corrected chi connectivity index (χ3v) is 5.62. The maximum atomic E-state index is 12.3. The van der Waals surface area contributed by atoms with Crippen LogP contribution in [0.2, 0.25) is 0 Å². The molecule has 0 spiro atoms. The zero-order chi connectivity index (χ0) is 28.8. The SMILES string of the molecule is NC(N)=NC(=O)CN1CCCCN(CC(=O)N=C(N)N)Cc2cccc(n2)CN(CC(=O)N=C(N)N)CCC1.